The molecule has 2 N–H and O–H groups in total. The largest absolute Gasteiger partial charge is 0.353 e. The van der Waals surface area contributed by atoms with Crippen molar-refractivity contribution in [2.45, 2.75) is 50.5 Å². The number of carbonyl (C=O) groups is 2. The summed E-state index contributed by atoms with van der Waals surface area (Å²) in [5.74, 6) is 0.202. The van der Waals surface area contributed by atoms with Gasteiger partial charge < -0.3 is 10.2 Å². The van der Waals surface area contributed by atoms with Crippen molar-refractivity contribution in [3.05, 3.63) is 53.3 Å². The molecule has 0 unspecified atom stereocenters. The molecule has 142 valence electrons. The van der Waals surface area contributed by atoms with Crippen LogP contribution in [0.15, 0.2) is 36.5 Å². The molecule has 1 atom stereocenters. The summed E-state index contributed by atoms with van der Waals surface area (Å²) >= 11 is 0. The van der Waals surface area contributed by atoms with Crippen molar-refractivity contribution in [2.75, 3.05) is 13.1 Å². The fraction of sp³-hybridized carbons (Fsp3) is 0.476. The smallest absolute Gasteiger partial charge is 0.258 e. The molecule has 0 spiro atoms. The minimum atomic E-state index is -0.484. The summed E-state index contributed by atoms with van der Waals surface area (Å²) in [6, 6.07) is 9.38. The number of amides is 2. The highest BCUT2D eigenvalue weighted by molar-refractivity contribution is 5.99. The SMILES string of the molecule is O=C1NCCN(C(=O)c2cn[nH]c2C2CCCCC2)[C@@H]1Cc1ccccc1. The highest BCUT2D eigenvalue weighted by Crippen LogP contribution is 2.33. The van der Waals surface area contributed by atoms with E-state index in [1.807, 2.05) is 30.3 Å². The first-order valence-electron chi connectivity index (χ1n) is 9.90. The van der Waals surface area contributed by atoms with Crippen molar-refractivity contribution >= 4 is 11.8 Å². The fourth-order valence-corrected chi connectivity index (χ4v) is 4.32. The van der Waals surface area contributed by atoms with Gasteiger partial charge in [0.05, 0.1) is 17.5 Å². The fourth-order valence-electron chi connectivity index (χ4n) is 4.32. The summed E-state index contributed by atoms with van der Waals surface area (Å²) in [6.07, 6.45) is 8.00. The van der Waals surface area contributed by atoms with E-state index in [4.69, 9.17) is 0 Å². The highest BCUT2D eigenvalue weighted by atomic mass is 16.2. The molecular formula is C21H26N4O2. The van der Waals surface area contributed by atoms with Crippen molar-refractivity contribution in [1.82, 2.24) is 20.4 Å². The van der Waals surface area contributed by atoms with E-state index in [-0.39, 0.29) is 11.8 Å². The Labute approximate surface area is 159 Å². The third kappa shape index (κ3) is 3.75. The van der Waals surface area contributed by atoms with Crippen LogP contribution < -0.4 is 5.32 Å². The van der Waals surface area contributed by atoms with E-state index >= 15 is 0 Å². The van der Waals surface area contributed by atoms with Crippen molar-refractivity contribution in [1.29, 1.82) is 0 Å². The van der Waals surface area contributed by atoms with Crippen LogP contribution in [-0.4, -0.2) is 46.0 Å². The number of aromatic amines is 1. The average molecular weight is 366 g/mol. The van der Waals surface area contributed by atoms with Crippen molar-refractivity contribution in [3.8, 4) is 0 Å². The number of piperazine rings is 1. The average Bonchev–Trinajstić information content (AvgIpc) is 3.20. The second-order valence-electron chi connectivity index (χ2n) is 7.53. The van der Waals surface area contributed by atoms with Gasteiger partial charge in [-0.1, -0.05) is 49.6 Å². The third-order valence-corrected chi connectivity index (χ3v) is 5.78. The standard InChI is InChI=1S/C21H26N4O2/c26-20-18(13-15-7-3-1-4-8-15)25(12-11-22-20)21(27)17-14-23-24-19(17)16-9-5-2-6-10-16/h1,3-4,7-8,14,16,18H,2,5-6,9-13H2,(H,22,26)(H,23,24)/t18-/m1/s1. The van der Waals surface area contributed by atoms with Crippen LogP contribution in [0.2, 0.25) is 0 Å². The van der Waals surface area contributed by atoms with E-state index < -0.39 is 6.04 Å². The molecular weight excluding hydrogens is 340 g/mol. The zero-order chi connectivity index (χ0) is 18.6. The number of aromatic nitrogens is 2. The molecule has 1 aromatic carbocycles. The van der Waals surface area contributed by atoms with Crippen LogP contribution in [0.1, 0.15) is 59.6 Å². The van der Waals surface area contributed by atoms with Crippen LogP contribution >= 0.6 is 0 Å². The van der Waals surface area contributed by atoms with Gasteiger partial charge in [-0.2, -0.15) is 5.10 Å². The molecule has 27 heavy (non-hydrogen) atoms. The topological polar surface area (TPSA) is 78.1 Å². The molecule has 1 aliphatic carbocycles. The van der Waals surface area contributed by atoms with Gasteiger partial charge in [-0.05, 0) is 18.4 Å². The normalized spacial score (nSPS) is 21.1. The zero-order valence-corrected chi connectivity index (χ0v) is 15.5. The lowest BCUT2D eigenvalue weighted by atomic mass is 9.85. The first-order valence-corrected chi connectivity index (χ1v) is 9.90. The predicted octanol–water partition coefficient (Wildman–Crippen LogP) is 2.64. The Morgan fingerprint density at radius 3 is 2.70 bits per heavy atom. The van der Waals surface area contributed by atoms with Gasteiger partial charge in [0, 0.05) is 25.4 Å². The molecule has 0 bridgehead atoms. The van der Waals surface area contributed by atoms with E-state index in [1.54, 1.807) is 11.1 Å². The zero-order valence-electron chi connectivity index (χ0n) is 15.5. The van der Waals surface area contributed by atoms with E-state index in [9.17, 15) is 9.59 Å². The monoisotopic (exact) mass is 366 g/mol. The molecule has 2 aliphatic rings. The van der Waals surface area contributed by atoms with Gasteiger partial charge in [0.25, 0.3) is 5.91 Å². The number of carbonyl (C=O) groups excluding carboxylic acids is 2. The molecule has 2 fully saturated rings. The predicted molar refractivity (Wildman–Crippen MR) is 102 cm³/mol. The Bertz CT molecular complexity index is 796. The summed E-state index contributed by atoms with van der Waals surface area (Å²) in [5.41, 5.74) is 2.64. The maximum Gasteiger partial charge on any atom is 0.258 e. The summed E-state index contributed by atoms with van der Waals surface area (Å²) in [5, 5.41) is 10.1. The van der Waals surface area contributed by atoms with Gasteiger partial charge in [-0.25, -0.2) is 0 Å². The van der Waals surface area contributed by atoms with E-state index in [0.29, 0.717) is 31.0 Å². The Hall–Kier alpha value is -2.63. The summed E-state index contributed by atoms with van der Waals surface area (Å²) in [6.45, 7) is 1.02. The Morgan fingerprint density at radius 2 is 1.93 bits per heavy atom. The van der Waals surface area contributed by atoms with Crippen molar-refractivity contribution in [2.24, 2.45) is 0 Å². The van der Waals surface area contributed by atoms with Crippen LogP contribution in [0, 0.1) is 0 Å². The van der Waals surface area contributed by atoms with Gasteiger partial charge in [0.1, 0.15) is 6.04 Å². The number of nitrogens with one attached hydrogen (secondary N) is 2. The number of nitrogens with zero attached hydrogens (tertiary/aromatic N) is 2. The summed E-state index contributed by atoms with van der Waals surface area (Å²) in [4.78, 5) is 27.6. The molecule has 1 saturated heterocycles. The second-order valence-corrected chi connectivity index (χ2v) is 7.53. The molecule has 2 amide bonds. The molecule has 6 nitrogen and oxygen atoms in total. The van der Waals surface area contributed by atoms with Crippen LogP contribution in [0.5, 0.6) is 0 Å². The Balaban J connectivity index is 1.58. The van der Waals surface area contributed by atoms with Crippen LogP contribution in [-0.2, 0) is 11.2 Å². The number of benzene rings is 1. The molecule has 2 aromatic rings. The number of rotatable bonds is 4. The number of hydrogen-bond donors (Lipinski definition) is 2. The van der Waals surface area contributed by atoms with Crippen molar-refractivity contribution in [3.63, 3.8) is 0 Å². The molecule has 1 aromatic heterocycles. The molecule has 2 heterocycles. The third-order valence-electron chi connectivity index (χ3n) is 5.78. The van der Waals surface area contributed by atoms with Gasteiger partial charge in [-0.3, -0.25) is 14.7 Å². The molecule has 6 heteroatoms. The molecule has 1 aliphatic heterocycles. The molecule has 1 saturated carbocycles. The van der Waals surface area contributed by atoms with Gasteiger partial charge >= 0.3 is 0 Å². The number of hydrogen-bond acceptors (Lipinski definition) is 3. The Morgan fingerprint density at radius 1 is 1.15 bits per heavy atom. The lowest BCUT2D eigenvalue weighted by molar-refractivity contribution is -0.127. The van der Waals surface area contributed by atoms with Crippen LogP contribution in [0.4, 0.5) is 0 Å². The van der Waals surface area contributed by atoms with E-state index in [1.165, 1.54) is 19.3 Å². The summed E-state index contributed by atoms with van der Waals surface area (Å²) in [7, 11) is 0. The highest BCUT2D eigenvalue weighted by Gasteiger charge is 2.35. The van der Waals surface area contributed by atoms with E-state index in [2.05, 4.69) is 15.5 Å². The first kappa shape index (κ1) is 17.8. The molecule has 4 rings (SSSR count). The van der Waals surface area contributed by atoms with Gasteiger partial charge in [0.2, 0.25) is 5.91 Å². The number of H-pyrrole nitrogens is 1. The molecule has 0 radical (unpaired) electrons. The van der Waals surface area contributed by atoms with Gasteiger partial charge in [0.15, 0.2) is 0 Å². The van der Waals surface area contributed by atoms with Crippen LogP contribution in [0.25, 0.3) is 0 Å². The van der Waals surface area contributed by atoms with Crippen molar-refractivity contribution < 1.29 is 9.59 Å². The lowest BCUT2D eigenvalue weighted by Crippen LogP contribution is -2.58. The minimum absolute atomic E-state index is 0.0823. The first-order chi connectivity index (χ1) is 13.2. The maximum atomic E-state index is 13.4. The lowest BCUT2D eigenvalue weighted by Gasteiger charge is -2.35. The minimum Gasteiger partial charge on any atom is -0.353 e. The van der Waals surface area contributed by atoms with Crippen LogP contribution in [0.3, 0.4) is 0 Å². The second kappa shape index (κ2) is 7.94. The van der Waals surface area contributed by atoms with Gasteiger partial charge in [-0.15, -0.1) is 0 Å². The van der Waals surface area contributed by atoms with E-state index in [0.717, 1.165) is 24.1 Å². The quantitative estimate of drug-likeness (QED) is 0.873. The summed E-state index contributed by atoms with van der Waals surface area (Å²) < 4.78 is 0. The Kier molecular flexibility index (Phi) is 5.23. The maximum absolute atomic E-state index is 13.4.